The molecule has 0 spiro atoms. The lowest BCUT2D eigenvalue weighted by Crippen LogP contribution is -2.46. The van der Waals surface area contributed by atoms with Gasteiger partial charge in [0.15, 0.2) is 0 Å². The number of halogens is 2. The second kappa shape index (κ2) is 8.72. The van der Waals surface area contributed by atoms with E-state index in [-0.39, 0.29) is 30.6 Å². The number of anilines is 1. The smallest absolute Gasteiger partial charge is 0.239 e. The molecule has 9 heteroatoms. The number of amidine groups is 1. The van der Waals surface area contributed by atoms with Crippen molar-refractivity contribution in [3.63, 3.8) is 0 Å². The van der Waals surface area contributed by atoms with E-state index in [1.807, 2.05) is 31.4 Å². The zero-order valence-electron chi connectivity index (χ0n) is 18.3. The number of aromatic nitrogens is 2. The standard InChI is InChI=1S/C23H28F2N6O/c1-14(32)30-6-5-20(26)19(13-30)23(27)31-11-15(8-22(24)25)7-17-9-16(3-4-21(17)31)18-10-28-29(2)12-18/h3-4,9-10,12,15,22,27H,5-8,11,13,26H2,1-2H3. The number of nitrogens with two attached hydrogens (primary N) is 1. The highest BCUT2D eigenvalue weighted by molar-refractivity contribution is 6.09. The van der Waals surface area contributed by atoms with Gasteiger partial charge >= 0.3 is 0 Å². The van der Waals surface area contributed by atoms with E-state index >= 15 is 0 Å². The average molecular weight is 443 g/mol. The minimum Gasteiger partial charge on any atom is -0.402 e. The van der Waals surface area contributed by atoms with Gasteiger partial charge in [-0.25, -0.2) is 8.78 Å². The van der Waals surface area contributed by atoms with E-state index in [0.29, 0.717) is 37.2 Å². The summed E-state index contributed by atoms with van der Waals surface area (Å²) < 4.78 is 28.3. The number of fused-ring (bicyclic) bond motifs is 1. The summed E-state index contributed by atoms with van der Waals surface area (Å²) in [6, 6.07) is 5.90. The summed E-state index contributed by atoms with van der Waals surface area (Å²) in [7, 11) is 1.84. The van der Waals surface area contributed by atoms with Gasteiger partial charge in [-0.1, -0.05) is 6.07 Å². The Bertz CT molecular complexity index is 1080. The summed E-state index contributed by atoms with van der Waals surface area (Å²) in [6.07, 6.45) is 2.06. The summed E-state index contributed by atoms with van der Waals surface area (Å²) in [5.41, 5.74) is 11.1. The lowest BCUT2D eigenvalue weighted by molar-refractivity contribution is -0.128. The van der Waals surface area contributed by atoms with E-state index < -0.39 is 6.43 Å². The first-order chi connectivity index (χ1) is 15.2. The van der Waals surface area contributed by atoms with Crippen LogP contribution in [0.25, 0.3) is 11.1 Å². The molecule has 0 saturated heterocycles. The molecule has 2 aliphatic rings. The molecule has 3 N–H and O–H groups in total. The Morgan fingerprint density at radius 1 is 1.34 bits per heavy atom. The minimum absolute atomic E-state index is 0.0708. The molecule has 0 saturated carbocycles. The van der Waals surface area contributed by atoms with Gasteiger partial charge in [0, 0.05) is 68.6 Å². The van der Waals surface area contributed by atoms with Crippen molar-refractivity contribution in [1.29, 1.82) is 5.41 Å². The molecular formula is C23H28F2N6O. The van der Waals surface area contributed by atoms with Crippen LogP contribution in [0.15, 0.2) is 41.9 Å². The van der Waals surface area contributed by atoms with Gasteiger partial charge in [-0.3, -0.25) is 14.9 Å². The normalized spacial score (nSPS) is 18.8. The number of hydrogen-bond acceptors (Lipinski definition) is 4. The van der Waals surface area contributed by atoms with E-state index in [9.17, 15) is 13.6 Å². The fourth-order valence-electron chi connectivity index (χ4n) is 4.55. The molecule has 32 heavy (non-hydrogen) atoms. The molecule has 1 amide bonds. The van der Waals surface area contributed by atoms with Crippen molar-refractivity contribution in [2.45, 2.75) is 32.6 Å². The first-order valence-corrected chi connectivity index (χ1v) is 10.7. The van der Waals surface area contributed by atoms with Crippen LogP contribution in [0.5, 0.6) is 0 Å². The van der Waals surface area contributed by atoms with Crippen LogP contribution in [0.2, 0.25) is 0 Å². The molecule has 0 bridgehead atoms. The third kappa shape index (κ3) is 4.37. The molecule has 2 aromatic rings. The van der Waals surface area contributed by atoms with Crippen molar-refractivity contribution in [1.82, 2.24) is 14.7 Å². The number of nitrogens with zero attached hydrogens (tertiary/aromatic N) is 4. The Balaban J connectivity index is 1.70. The maximum absolute atomic E-state index is 13.3. The van der Waals surface area contributed by atoms with Gasteiger partial charge in [-0.05, 0) is 35.6 Å². The summed E-state index contributed by atoms with van der Waals surface area (Å²) >= 11 is 0. The number of nitrogens with one attached hydrogen (secondary N) is 1. The summed E-state index contributed by atoms with van der Waals surface area (Å²) in [5.74, 6) is -0.178. The van der Waals surface area contributed by atoms with Crippen LogP contribution >= 0.6 is 0 Å². The quantitative estimate of drug-likeness (QED) is 0.562. The van der Waals surface area contributed by atoms with Crippen molar-refractivity contribution < 1.29 is 13.6 Å². The maximum atomic E-state index is 13.3. The van der Waals surface area contributed by atoms with Crippen LogP contribution in [0.3, 0.4) is 0 Å². The molecule has 1 aromatic heterocycles. The third-order valence-corrected chi connectivity index (χ3v) is 6.26. The summed E-state index contributed by atoms with van der Waals surface area (Å²) in [6.45, 7) is 2.60. The van der Waals surface area contributed by atoms with Gasteiger partial charge in [0.25, 0.3) is 0 Å². The van der Waals surface area contributed by atoms with Gasteiger partial charge in [-0.2, -0.15) is 5.10 Å². The second-order valence-electron chi connectivity index (χ2n) is 8.60. The fourth-order valence-corrected chi connectivity index (χ4v) is 4.55. The maximum Gasteiger partial charge on any atom is 0.239 e. The second-order valence-corrected chi connectivity index (χ2v) is 8.60. The Labute approximate surface area is 186 Å². The Hall–Kier alpha value is -3.23. The van der Waals surface area contributed by atoms with Gasteiger partial charge < -0.3 is 15.5 Å². The number of rotatable bonds is 4. The van der Waals surface area contributed by atoms with E-state index in [1.54, 1.807) is 20.7 Å². The van der Waals surface area contributed by atoms with Gasteiger partial charge in [-0.15, -0.1) is 0 Å². The molecule has 1 unspecified atom stereocenters. The van der Waals surface area contributed by atoms with Crippen LogP contribution in [0.4, 0.5) is 14.5 Å². The van der Waals surface area contributed by atoms with Crippen LogP contribution in [-0.4, -0.2) is 52.5 Å². The zero-order valence-corrected chi connectivity index (χ0v) is 18.3. The number of carbonyl (C=O) groups is 1. The molecule has 1 atom stereocenters. The van der Waals surface area contributed by atoms with Crippen molar-refractivity contribution in [3.8, 4) is 11.1 Å². The van der Waals surface area contributed by atoms with Crippen LogP contribution in [-0.2, 0) is 18.3 Å². The number of hydrogen-bond donors (Lipinski definition) is 2. The van der Waals surface area contributed by atoms with Gasteiger partial charge in [0.05, 0.1) is 12.7 Å². The number of alkyl halides is 2. The molecule has 4 rings (SSSR count). The SMILES string of the molecule is CC(=O)N1CCC(N)=C(C(=N)N2CC(CC(F)F)Cc3cc(-c4cnn(C)c4)ccc32)C1. The summed E-state index contributed by atoms with van der Waals surface area (Å²) in [4.78, 5) is 15.3. The van der Waals surface area contributed by atoms with Gasteiger partial charge in [0.1, 0.15) is 5.84 Å². The Kier molecular flexibility index (Phi) is 5.99. The highest BCUT2D eigenvalue weighted by atomic mass is 19.3. The number of amides is 1. The van der Waals surface area contributed by atoms with Crippen LogP contribution < -0.4 is 10.6 Å². The molecule has 7 nitrogen and oxygen atoms in total. The van der Waals surface area contributed by atoms with E-state index in [4.69, 9.17) is 11.1 Å². The van der Waals surface area contributed by atoms with E-state index in [0.717, 1.165) is 22.4 Å². The first-order valence-electron chi connectivity index (χ1n) is 10.7. The minimum atomic E-state index is -2.41. The Morgan fingerprint density at radius 2 is 2.12 bits per heavy atom. The molecule has 0 aliphatic carbocycles. The highest BCUT2D eigenvalue weighted by Gasteiger charge is 2.32. The van der Waals surface area contributed by atoms with Crippen molar-refractivity contribution >= 4 is 17.4 Å². The van der Waals surface area contributed by atoms with Crippen molar-refractivity contribution in [2.75, 3.05) is 24.5 Å². The van der Waals surface area contributed by atoms with E-state index in [1.165, 1.54) is 6.92 Å². The molecule has 0 fully saturated rings. The monoisotopic (exact) mass is 442 g/mol. The predicted octanol–water partition coefficient (Wildman–Crippen LogP) is 3.16. The first kappa shape index (κ1) is 22.0. The Morgan fingerprint density at radius 3 is 2.78 bits per heavy atom. The number of carbonyl (C=O) groups excluding carboxylic acids is 1. The molecular weight excluding hydrogens is 414 g/mol. The lowest BCUT2D eigenvalue weighted by atomic mass is 9.88. The largest absolute Gasteiger partial charge is 0.402 e. The van der Waals surface area contributed by atoms with Crippen molar-refractivity contribution in [2.24, 2.45) is 18.7 Å². The number of aryl methyl sites for hydroxylation is 1. The molecule has 3 heterocycles. The molecule has 0 radical (unpaired) electrons. The third-order valence-electron chi connectivity index (χ3n) is 6.26. The number of benzene rings is 1. The van der Waals surface area contributed by atoms with E-state index in [2.05, 4.69) is 5.10 Å². The lowest BCUT2D eigenvalue weighted by Gasteiger charge is -2.39. The average Bonchev–Trinajstić information content (AvgIpc) is 3.18. The topological polar surface area (TPSA) is 91.2 Å². The van der Waals surface area contributed by atoms with Crippen LogP contribution in [0.1, 0.15) is 25.3 Å². The highest BCUT2D eigenvalue weighted by Crippen LogP contribution is 2.36. The molecule has 170 valence electrons. The predicted molar refractivity (Wildman–Crippen MR) is 120 cm³/mol. The zero-order chi connectivity index (χ0) is 23.0. The molecule has 1 aromatic carbocycles. The summed E-state index contributed by atoms with van der Waals surface area (Å²) in [5, 5.41) is 13.1. The van der Waals surface area contributed by atoms with Crippen molar-refractivity contribution in [3.05, 3.63) is 47.4 Å². The van der Waals surface area contributed by atoms with Gasteiger partial charge in [0.2, 0.25) is 12.3 Å². The van der Waals surface area contributed by atoms with Crippen LogP contribution in [0, 0.1) is 11.3 Å². The fraction of sp³-hybridized carbons (Fsp3) is 0.435. The molecule has 2 aliphatic heterocycles.